The van der Waals surface area contributed by atoms with Crippen molar-refractivity contribution in [3.63, 3.8) is 0 Å². The number of phenolic OH excluding ortho intramolecular Hbond substituents is 3. The van der Waals surface area contributed by atoms with Gasteiger partial charge in [-0.1, -0.05) is 10.9 Å². The quantitative estimate of drug-likeness (QED) is 0.326. The minimum atomic E-state index is -0.640. The molecule has 1 aromatic rings. The van der Waals surface area contributed by atoms with Crippen LogP contribution in [-0.4, -0.2) is 31.0 Å². The number of aromatic hydroxyl groups is 3. The van der Waals surface area contributed by atoms with Crippen molar-refractivity contribution in [2.24, 2.45) is 0 Å². The van der Waals surface area contributed by atoms with Gasteiger partial charge >= 0.3 is 0 Å². The van der Waals surface area contributed by atoms with Gasteiger partial charge in [-0.15, -0.1) is 0 Å². The minimum Gasteiger partial charge on any atom is -0.505 e. The first kappa shape index (κ1) is 8.84. The van der Waals surface area contributed by atoms with Crippen molar-refractivity contribution in [2.45, 2.75) is 6.92 Å². The molecule has 12 heavy (non-hydrogen) atoms. The van der Waals surface area contributed by atoms with E-state index in [9.17, 15) is 0 Å². The van der Waals surface area contributed by atoms with Gasteiger partial charge in [0.05, 0.1) is 0 Å². The molecule has 0 saturated heterocycles. The van der Waals surface area contributed by atoms with Crippen molar-refractivity contribution in [1.29, 1.82) is 0 Å². The van der Waals surface area contributed by atoms with E-state index in [4.69, 9.17) is 31.0 Å². The van der Waals surface area contributed by atoms with Gasteiger partial charge in [-0.2, -0.15) is 0 Å². The average Bonchev–Trinajstić information content (AvgIpc) is 2.08. The van der Waals surface area contributed by atoms with Crippen LogP contribution in [0.2, 0.25) is 0 Å². The lowest BCUT2D eigenvalue weighted by Gasteiger charge is -2.11. The van der Waals surface area contributed by atoms with Crippen molar-refractivity contribution < 1.29 is 15.3 Å². The standard InChI is InChI=1S/C7H6B2O3/c1-2-3(8)4(9)6(11)7(12)5(2)10/h10-12H,1H3. The molecule has 1 aromatic carbocycles. The third kappa shape index (κ3) is 1.02. The minimum absolute atomic E-state index is 0.0720. The predicted molar refractivity (Wildman–Crippen MR) is 46.9 cm³/mol. The zero-order chi connectivity index (χ0) is 9.46. The zero-order valence-corrected chi connectivity index (χ0v) is 6.50. The molecule has 0 amide bonds. The Kier molecular flexibility index (Phi) is 1.96. The Morgan fingerprint density at radius 3 is 1.83 bits per heavy atom. The maximum absolute atomic E-state index is 9.15. The summed E-state index contributed by atoms with van der Waals surface area (Å²) < 4.78 is 0. The number of hydrogen-bond acceptors (Lipinski definition) is 3. The molecule has 0 spiro atoms. The van der Waals surface area contributed by atoms with Gasteiger partial charge in [-0.05, 0) is 12.5 Å². The van der Waals surface area contributed by atoms with Gasteiger partial charge in [0.2, 0.25) is 0 Å². The summed E-state index contributed by atoms with van der Waals surface area (Å²) in [6.07, 6.45) is 0. The molecule has 0 bridgehead atoms. The van der Waals surface area contributed by atoms with Crippen LogP contribution in [0, 0.1) is 6.92 Å². The van der Waals surface area contributed by atoms with E-state index in [2.05, 4.69) is 0 Å². The van der Waals surface area contributed by atoms with Crippen molar-refractivity contribution in [1.82, 2.24) is 0 Å². The second-order valence-corrected chi connectivity index (χ2v) is 2.50. The third-order valence-electron chi connectivity index (χ3n) is 1.75. The van der Waals surface area contributed by atoms with Gasteiger partial charge in [0, 0.05) is 0 Å². The molecular formula is C7H6B2O3. The lowest BCUT2D eigenvalue weighted by molar-refractivity contribution is 0.369. The monoisotopic (exact) mass is 160 g/mol. The van der Waals surface area contributed by atoms with Crippen molar-refractivity contribution >= 4 is 26.6 Å². The van der Waals surface area contributed by atoms with Crippen molar-refractivity contribution in [2.75, 3.05) is 0 Å². The maximum Gasteiger partial charge on any atom is 0.199 e. The second kappa shape index (κ2) is 2.66. The van der Waals surface area contributed by atoms with E-state index in [1.54, 1.807) is 0 Å². The summed E-state index contributed by atoms with van der Waals surface area (Å²) in [6, 6.07) is 0. The number of hydrogen-bond donors (Lipinski definition) is 3. The highest BCUT2D eigenvalue weighted by atomic mass is 16.3. The lowest BCUT2D eigenvalue weighted by atomic mass is 9.77. The highest BCUT2D eigenvalue weighted by Crippen LogP contribution is 2.33. The molecule has 0 atom stereocenters. The summed E-state index contributed by atoms with van der Waals surface area (Å²) in [7, 11) is 10.7. The fourth-order valence-corrected chi connectivity index (χ4v) is 0.874. The summed E-state index contributed by atoms with van der Waals surface area (Å²) in [4.78, 5) is 0. The van der Waals surface area contributed by atoms with Crippen LogP contribution < -0.4 is 10.9 Å². The highest BCUT2D eigenvalue weighted by molar-refractivity contribution is 6.50. The van der Waals surface area contributed by atoms with Crippen LogP contribution in [0.1, 0.15) is 5.56 Å². The first-order chi connectivity index (χ1) is 5.46. The number of benzene rings is 1. The Morgan fingerprint density at radius 1 is 0.833 bits per heavy atom. The van der Waals surface area contributed by atoms with Crippen LogP contribution >= 0.6 is 0 Å². The lowest BCUT2D eigenvalue weighted by Crippen LogP contribution is -2.28. The second-order valence-electron chi connectivity index (χ2n) is 2.50. The first-order valence-electron chi connectivity index (χ1n) is 3.25. The smallest absolute Gasteiger partial charge is 0.199 e. The molecule has 5 heteroatoms. The molecule has 0 aromatic heterocycles. The zero-order valence-electron chi connectivity index (χ0n) is 6.50. The van der Waals surface area contributed by atoms with Gasteiger partial charge in [-0.3, -0.25) is 0 Å². The van der Waals surface area contributed by atoms with Crippen LogP contribution in [0.5, 0.6) is 17.2 Å². The molecule has 0 heterocycles. The summed E-state index contributed by atoms with van der Waals surface area (Å²) in [5.74, 6) is -1.67. The molecule has 0 saturated carbocycles. The summed E-state index contributed by atoms with van der Waals surface area (Å²) >= 11 is 0. The third-order valence-corrected chi connectivity index (χ3v) is 1.75. The molecule has 0 aliphatic rings. The molecule has 1 rings (SSSR count). The highest BCUT2D eigenvalue weighted by Gasteiger charge is 2.14. The Labute approximate surface area is 72.5 Å². The van der Waals surface area contributed by atoms with E-state index in [-0.39, 0.29) is 16.5 Å². The predicted octanol–water partition coefficient (Wildman–Crippen LogP) is -1.30. The van der Waals surface area contributed by atoms with E-state index in [0.29, 0.717) is 0 Å². The molecule has 3 N–H and O–H groups in total. The van der Waals surface area contributed by atoms with Crippen LogP contribution in [-0.2, 0) is 0 Å². The van der Waals surface area contributed by atoms with E-state index in [1.165, 1.54) is 6.92 Å². The van der Waals surface area contributed by atoms with Gasteiger partial charge in [0.25, 0.3) is 0 Å². The van der Waals surface area contributed by atoms with E-state index in [1.807, 2.05) is 0 Å². The first-order valence-corrected chi connectivity index (χ1v) is 3.25. The van der Waals surface area contributed by atoms with Gasteiger partial charge in [0.15, 0.2) is 17.2 Å². The number of phenols is 3. The normalized spacial score (nSPS) is 10.1. The summed E-state index contributed by atoms with van der Waals surface area (Å²) in [5.41, 5.74) is 0.202. The molecule has 0 aliphatic heterocycles. The molecule has 4 radical (unpaired) electrons. The molecule has 0 unspecified atom stereocenters. The van der Waals surface area contributed by atoms with E-state index in [0.717, 1.165) is 0 Å². The molecule has 58 valence electrons. The van der Waals surface area contributed by atoms with Gasteiger partial charge in [-0.25, -0.2) is 0 Å². The fourth-order valence-electron chi connectivity index (χ4n) is 0.874. The average molecular weight is 160 g/mol. The van der Waals surface area contributed by atoms with E-state index >= 15 is 0 Å². The van der Waals surface area contributed by atoms with Crippen molar-refractivity contribution in [3.05, 3.63) is 5.56 Å². The topological polar surface area (TPSA) is 60.7 Å². The van der Waals surface area contributed by atoms with Gasteiger partial charge in [0.1, 0.15) is 15.7 Å². The molecule has 3 nitrogen and oxygen atoms in total. The molecule has 0 fully saturated rings. The van der Waals surface area contributed by atoms with Crippen LogP contribution in [0.3, 0.4) is 0 Å². The summed E-state index contributed by atoms with van der Waals surface area (Å²) in [5, 5.41) is 27.3. The van der Waals surface area contributed by atoms with E-state index < -0.39 is 17.2 Å². The van der Waals surface area contributed by atoms with Crippen LogP contribution in [0.15, 0.2) is 0 Å². The fraction of sp³-hybridized carbons (Fsp3) is 0.143. The SMILES string of the molecule is [B]c1c([B])c(O)c(O)c(O)c1C. The maximum atomic E-state index is 9.15. The molecule has 0 aliphatic carbocycles. The summed E-state index contributed by atoms with van der Waals surface area (Å²) in [6.45, 7) is 1.49. The van der Waals surface area contributed by atoms with Crippen LogP contribution in [0.25, 0.3) is 0 Å². The Balaban J connectivity index is 3.60. The molecular weight excluding hydrogens is 154 g/mol. The Morgan fingerprint density at radius 2 is 1.33 bits per heavy atom. The van der Waals surface area contributed by atoms with Crippen molar-refractivity contribution in [3.8, 4) is 17.2 Å². The largest absolute Gasteiger partial charge is 0.505 e. The van der Waals surface area contributed by atoms with Crippen LogP contribution in [0.4, 0.5) is 0 Å². The Hall–Kier alpha value is -1.25. The van der Waals surface area contributed by atoms with Gasteiger partial charge < -0.3 is 15.3 Å². The number of rotatable bonds is 0. The Bertz CT molecular complexity index is 231.